The number of benzene rings is 1. The van der Waals surface area contributed by atoms with E-state index in [0.29, 0.717) is 6.04 Å². The van der Waals surface area contributed by atoms with Crippen molar-refractivity contribution in [1.29, 1.82) is 0 Å². The second-order valence-electron chi connectivity index (χ2n) is 12.6. The summed E-state index contributed by atoms with van der Waals surface area (Å²) < 4.78 is 13.0. The number of nitrogens with zero attached hydrogens (tertiary/aromatic N) is 1. The van der Waals surface area contributed by atoms with Crippen LogP contribution in [0.3, 0.4) is 0 Å². The monoisotopic (exact) mass is 729 g/mol. The minimum absolute atomic E-state index is 0.586. The molecule has 0 aliphatic rings. The molecule has 0 bridgehead atoms. The van der Waals surface area contributed by atoms with Crippen LogP contribution in [0.2, 0.25) is 26.6 Å². The Morgan fingerprint density at radius 2 is 0.811 bits per heavy atom. The van der Waals surface area contributed by atoms with Crippen LogP contribution in [-0.2, 0) is 0 Å². The van der Waals surface area contributed by atoms with Gasteiger partial charge in [-0.25, -0.2) is 0 Å². The summed E-state index contributed by atoms with van der Waals surface area (Å²) in [6, 6.07) is 12.2. The van der Waals surface area contributed by atoms with Crippen molar-refractivity contribution in [3.8, 4) is 0 Å². The summed E-state index contributed by atoms with van der Waals surface area (Å²) in [6.07, 6.45) is 17.3. The van der Waals surface area contributed by atoms with Gasteiger partial charge in [0.2, 0.25) is 0 Å². The quantitative estimate of drug-likeness (QED) is 0.0959. The van der Waals surface area contributed by atoms with Crippen LogP contribution in [0.1, 0.15) is 137 Å². The molecule has 0 radical (unpaired) electrons. The Hall–Kier alpha value is 0.777. The van der Waals surface area contributed by atoms with Gasteiger partial charge in [0, 0.05) is 0 Å². The van der Waals surface area contributed by atoms with Crippen molar-refractivity contribution in [3.05, 3.63) is 35.9 Å². The summed E-state index contributed by atoms with van der Waals surface area (Å²) in [5, 5.41) is 0. The van der Waals surface area contributed by atoms with Crippen LogP contribution in [0.25, 0.3) is 0 Å². The van der Waals surface area contributed by atoms with Gasteiger partial charge < -0.3 is 0 Å². The van der Waals surface area contributed by atoms with Gasteiger partial charge in [-0.15, -0.1) is 0 Å². The molecule has 0 aromatic heterocycles. The van der Waals surface area contributed by atoms with Gasteiger partial charge in [0.05, 0.1) is 0 Å². The van der Waals surface area contributed by atoms with E-state index >= 15 is 0 Å². The van der Waals surface area contributed by atoms with Crippen LogP contribution in [0.4, 0.5) is 0 Å². The Labute approximate surface area is 243 Å². The molecule has 0 aliphatic carbocycles. The van der Waals surface area contributed by atoms with Gasteiger partial charge in [0.15, 0.2) is 0 Å². The number of rotatable bonds is 24. The van der Waals surface area contributed by atoms with Crippen molar-refractivity contribution < 1.29 is 0 Å². The second kappa shape index (κ2) is 21.5. The van der Waals surface area contributed by atoms with Crippen LogP contribution in [0, 0.1) is 0 Å². The Morgan fingerprint density at radius 1 is 0.514 bits per heavy atom. The van der Waals surface area contributed by atoms with Crippen LogP contribution in [0.15, 0.2) is 30.3 Å². The van der Waals surface area contributed by atoms with Gasteiger partial charge in [-0.05, 0) is 0 Å². The normalized spacial score (nSPS) is 13.4. The van der Waals surface area contributed by atoms with Crippen molar-refractivity contribution in [3.63, 3.8) is 0 Å². The standard InChI is InChI=1S/C10H13N.6C4H9.2Sn/c1-9(11(2)3)10-7-5-4-6-8-10;6*1-3-4-2;;/h4-9H,2-3H2,1H3;6*1,3-4H2,2H3;;. The molecule has 0 saturated carbocycles. The van der Waals surface area contributed by atoms with Gasteiger partial charge >= 0.3 is 245 Å². The molecule has 1 nitrogen and oxygen atoms in total. The molecule has 0 fully saturated rings. The molecular weight excluding hydrogens is 660 g/mol. The maximum absolute atomic E-state index is 3.20. The Morgan fingerprint density at radius 3 is 1.08 bits per heavy atom. The average Bonchev–Trinajstić information content (AvgIpc) is 2.94. The zero-order valence-electron chi connectivity index (χ0n) is 26.6. The predicted molar refractivity (Wildman–Crippen MR) is 176 cm³/mol. The molecule has 1 aromatic carbocycles. The number of unbranched alkanes of at least 4 members (excludes halogenated alkanes) is 6. The topological polar surface area (TPSA) is 3.24 Å². The number of hydrogen-bond acceptors (Lipinski definition) is 1. The van der Waals surface area contributed by atoms with Crippen molar-refractivity contribution >= 4 is 36.8 Å². The van der Waals surface area contributed by atoms with Crippen molar-refractivity contribution in [1.82, 2.24) is 4.90 Å². The summed E-state index contributed by atoms with van der Waals surface area (Å²) in [5.41, 5.74) is 1.57. The summed E-state index contributed by atoms with van der Waals surface area (Å²) >= 11 is -4.60. The fraction of sp³-hybridized carbons (Fsp3) is 0.824. The van der Waals surface area contributed by atoms with E-state index in [1.165, 1.54) is 77.0 Å². The van der Waals surface area contributed by atoms with Crippen LogP contribution < -0.4 is 0 Å². The van der Waals surface area contributed by atoms with Crippen molar-refractivity contribution in [2.75, 3.05) is 9.12 Å². The van der Waals surface area contributed by atoms with Crippen LogP contribution in [0.5, 0.6) is 0 Å². The molecule has 1 aromatic rings. The zero-order chi connectivity index (χ0) is 27.4. The van der Waals surface area contributed by atoms with E-state index in [2.05, 4.69) is 83.7 Å². The molecule has 0 amide bonds. The summed E-state index contributed by atoms with van der Waals surface area (Å²) in [6.45, 7) is 17.2. The second-order valence-corrected chi connectivity index (χ2v) is 40.1. The SMILES string of the molecule is CCC[CH2][Sn]([CH2]CCC)([CH2]CCC)[CH2]N([CH2][Sn]([CH2]CCC)([CH2]CCC)[CH2]CCC)C(C)c1ccccc1. The maximum atomic E-state index is 3.20. The minimum atomic E-state index is -2.30. The Bertz CT molecular complexity index is 569. The molecule has 0 aliphatic heterocycles. The van der Waals surface area contributed by atoms with E-state index in [1.807, 2.05) is 0 Å². The third-order valence-electron chi connectivity index (χ3n) is 9.27. The first-order valence-electron chi connectivity index (χ1n) is 16.7. The van der Waals surface area contributed by atoms with E-state index < -0.39 is 36.8 Å². The van der Waals surface area contributed by atoms with E-state index in [0.717, 1.165) is 0 Å². The molecule has 1 unspecified atom stereocenters. The summed E-state index contributed by atoms with van der Waals surface area (Å²) in [7, 11) is 0. The molecule has 37 heavy (non-hydrogen) atoms. The van der Waals surface area contributed by atoms with Crippen LogP contribution >= 0.6 is 0 Å². The third-order valence-corrected chi connectivity index (χ3v) is 39.6. The van der Waals surface area contributed by atoms with Gasteiger partial charge in [-0.1, -0.05) is 0 Å². The predicted octanol–water partition coefficient (Wildman–Crippen LogP) is 11.8. The summed E-state index contributed by atoms with van der Waals surface area (Å²) in [4.78, 5) is 3.20. The van der Waals surface area contributed by atoms with E-state index in [-0.39, 0.29) is 0 Å². The zero-order valence-corrected chi connectivity index (χ0v) is 32.3. The van der Waals surface area contributed by atoms with Crippen molar-refractivity contribution in [2.45, 2.75) is 158 Å². The third kappa shape index (κ3) is 13.8. The van der Waals surface area contributed by atoms with Crippen LogP contribution in [-0.4, -0.2) is 50.8 Å². The van der Waals surface area contributed by atoms with E-state index in [4.69, 9.17) is 0 Å². The Kier molecular flexibility index (Phi) is 20.8. The molecule has 0 saturated heterocycles. The fourth-order valence-electron chi connectivity index (χ4n) is 6.67. The van der Waals surface area contributed by atoms with Gasteiger partial charge in [-0.2, -0.15) is 0 Å². The first-order valence-corrected chi connectivity index (χ1v) is 32.9. The molecule has 0 heterocycles. The fourth-order valence-corrected chi connectivity index (χ4v) is 41.5. The Balaban J connectivity index is 3.50. The first-order chi connectivity index (χ1) is 17.9. The molecule has 1 atom stereocenters. The number of hydrogen-bond donors (Lipinski definition) is 0. The molecule has 216 valence electrons. The van der Waals surface area contributed by atoms with E-state index in [1.54, 1.807) is 41.3 Å². The molecule has 1 rings (SSSR count). The van der Waals surface area contributed by atoms with Gasteiger partial charge in [0.1, 0.15) is 0 Å². The van der Waals surface area contributed by atoms with E-state index in [9.17, 15) is 0 Å². The molecular formula is C34H67NSn2. The molecule has 3 heteroatoms. The average molecular weight is 727 g/mol. The first kappa shape index (κ1) is 35.8. The summed E-state index contributed by atoms with van der Waals surface area (Å²) in [5.74, 6) is 0. The molecule has 0 spiro atoms. The van der Waals surface area contributed by atoms with Gasteiger partial charge in [0.25, 0.3) is 0 Å². The molecule has 0 N–H and O–H groups in total. The van der Waals surface area contributed by atoms with Crippen molar-refractivity contribution in [2.24, 2.45) is 0 Å². The van der Waals surface area contributed by atoms with Gasteiger partial charge in [-0.3, -0.25) is 0 Å².